The number of rotatable bonds is 3. The second-order valence-corrected chi connectivity index (χ2v) is 7.63. The van der Waals surface area contributed by atoms with E-state index in [4.69, 9.17) is 16.3 Å². The molecule has 1 unspecified atom stereocenters. The number of hydrogen-bond donors (Lipinski definition) is 1. The second-order valence-electron chi connectivity index (χ2n) is 4.09. The van der Waals surface area contributed by atoms with Crippen molar-refractivity contribution < 1.29 is 4.52 Å². The molecule has 2 rings (SSSR count). The molecule has 1 atom stereocenters. The van der Waals surface area contributed by atoms with Crippen LogP contribution in [0.5, 0.6) is 5.75 Å². The molecular weight excluding hydrogens is 239 g/mol. The van der Waals surface area contributed by atoms with Gasteiger partial charge in [0.2, 0.25) is 0 Å². The fourth-order valence-electron chi connectivity index (χ4n) is 1.80. The summed E-state index contributed by atoms with van der Waals surface area (Å²) in [6.07, 6.45) is 0. The van der Waals surface area contributed by atoms with Gasteiger partial charge in [-0.25, -0.2) is 9.76 Å². The maximum Gasteiger partial charge on any atom is 0.250 e. The molecule has 1 saturated heterocycles. The fourth-order valence-corrected chi connectivity index (χ4v) is 5.25. The quantitative estimate of drug-likeness (QED) is 0.840. The summed E-state index contributed by atoms with van der Waals surface area (Å²) in [5, 5.41) is 3.34. The van der Waals surface area contributed by atoms with Gasteiger partial charge in [0.1, 0.15) is 5.75 Å². The monoisotopic (exact) mass is 256 g/mol. The van der Waals surface area contributed by atoms with Gasteiger partial charge in [-0.2, -0.15) is 0 Å². The lowest BCUT2D eigenvalue weighted by Gasteiger charge is -2.30. The van der Waals surface area contributed by atoms with Gasteiger partial charge >= 0.3 is 0 Å². The van der Waals surface area contributed by atoms with Crippen molar-refractivity contribution in [2.45, 2.75) is 19.9 Å². The molecule has 3 nitrogen and oxygen atoms in total. The zero-order valence-electron chi connectivity index (χ0n) is 9.59. The van der Waals surface area contributed by atoms with Crippen LogP contribution in [0.2, 0.25) is 0 Å². The molecule has 0 spiro atoms. The molecule has 0 saturated carbocycles. The second kappa shape index (κ2) is 4.84. The number of nitrogens with zero attached hydrogens (tertiary/aromatic N) is 1. The Morgan fingerprint density at radius 2 is 2.06 bits per heavy atom. The van der Waals surface area contributed by atoms with Gasteiger partial charge in [-0.05, 0) is 37.8 Å². The average Bonchev–Trinajstić information content (AvgIpc) is 2.61. The Bertz CT molecular complexity index is 396. The van der Waals surface area contributed by atoms with Gasteiger partial charge in [0.25, 0.3) is 6.57 Å². The Labute approximate surface area is 102 Å². The topological polar surface area (TPSA) is 24.5 Å². The van der Waals surface area contributed by atoms with E-state index in [-0.39, 0.29) is 0 Å². The molecule has 1 heterocycles. The van der Waals surface area contributed by atoms with Crippen molar-refractivity contribution in [2.24, 2.45) is 0 Å². The normalized spacial score (nSPS) is 26.2. The van der Waals surface area contributed by atoms with Crippen molar-refractivity contribution >= 4 is 18.4 Å². The highest BCUT2D eigenvalue weighted by molar-refractivity contribution is 8.10. The molecule has 1 aliphatic heterocycles. The Hall–Kier alpha value is -0.410. The van der Waals surface area contributed by atoms with E-state index in [9.17, 15) is 0 Å². The summed E-state index contributed by atoms with van der Waals surface area (Å²) in [5.74, 6) is 0.853. The van der Waals surface area contributed by atoms with Crippen LogP contribution in [-0.2, 0) is 11.8 Å². The molecule has 0 radical (unpaired) electrons. The Kier molecular flexibility index (Phi) is 3.65. The fraction of sp³-hybridized carbons (Fsp3) is 0.455. The van der Waals surface area contributed by atoms with Crippen molar-refractivity contribution in [3.8, 4) is 5.75 Å². The summed E-state index contributed by atoms with van der Waals surface area (Å²) >= 11 is 5.65. The number of nitrogens with one attached hydrogen (secondary N) is 1. The molecule has 0 amide bonds. The number of para-hydroxylation sites is 1. The Morgan fingerprint density at radius 1 is 1.38 bits per heavy atom. The first-order valence-electron chi connectivity index (χ1n) is 5.49. The van der Waals surface area contributed by atoms with Crippen molar-refractivity contribution in [1.82, 2.24) is 9.76 Å². The average molecular weight is 256 g/mol. The van der Waals surface area contributed by atoms with Gasteiger partial charge < -0.3 is 4.52 Å². The molecule has 0 aliphatic carbocycles. The lowest BCUT2D eigenvalue weighted by molar-refractivity contribution is 0.383. The van der Waals surface area contributed by atoms with Crippen LogP contribution in [0.25, 0.3) is 0 Å². The van der Waals surface area contributed by atoms with E-state index < -0.39 is 6.57 Å². The van der Waals surface area contributed by atoms with E-state index in [1.54, 1.807) is 0 Å². The molecule has 1 N–H and O–H groups in total. The SMILES string of the molecule is CC(C)N1CCNP1(=S)Oc1ccccc1. The molecular formula is C11H17N2OPS. The van der Waals surface area contributed by atoms with E-state index in [2.05, 4.69) is 23.6 Å². The van der Waals surface area contributed by atoms with Gasteiger partial charge in [0, 0.05) is 19.1 Å². The van der Waals surface area contributed by atoms with Crippen LogP contribution < -0.4 is 9.61 Å². The van der Waals surface area contributed by atoms with Gasteiger partial charge in [-0.3, -0.25) is 0 Å². The molecule has 1 aliphatic rings. The lowest BCUT2D eigenvalue weighted by Crippen LogP contribution is -2.27. The molecule has 0 bridgehead atoms. The molecule has 1 aromatic rings. The van der Waals surface area contributed by atoms with Gasteiger partial charge in [0.05, 0.1) is 0 Å². The maximum atomic E-state index is 5.98. The minimum absolute atomic E-state index is 0.421. The summed E-state index contributed by atoms with van der Waals surface area (Å²) in [7, 11) is 0. The molecule has 16 heavy (non-hydrogen) atoms. The third kappa shape index (κ3) is 2.46. The first-order chi connectivity index (χ1) is 7.62. The number of benzene rings is 1. The predicted octanol–water partition coefficient (Wildman–Crippen LogP) is 2.60. The van der Waals surface area contributed by atoms with Crippen LogP contribution in [0.15, 0.2) is 30.3 Å². The highest BCUT2D eigenvalue weighted by Crippen LogP contribution is 2.50. The minimum atomic E-state index is -2.04. The van der Waals surface area contributed by atoms with Crippen molar-refractivity contribution in [3.05, 3.63) is 30.3 Å². The molecule has 5 heteroatoms. The van der Waals surface area contributed by atoms with E-state index >= 15 is 0 Å². The Morgan fingerprint density at radius 3 is 2.69 bits per heavy atom. The minimum Gasteiger partial charge on any atom is -0.441 e. The van der Waals surface area contributed by atoms with E-state index in [1.165, 1.54) is 0 Å². The highest BCUT2D eigenvalue weighted by Gasteiger charge is 2.35. The predicted molar refractivity (Wildman–Crippen MR) is 71.2 cm³/mol. The summed E-state index contributed by atoms with van der Waals surface area (Å²) in [6, 6.07) is 10.2. The van der Waals surface area contributed by atoms with Crippen LogP contribution in [-0.4, -0.2) is 23.8 Å². The standard InChI is InChI=1S/C11H17N2OPS/c1-10(2)13-9-8-12-15(13,16)14-11-6-4-3-5-7-11/h3-7,10H,8-9H2,1-2H3,(H,12,16). The molecule has 1 aromatic carbocycles. The molecule has 1 fully saturated rings. The third-order valence-corrected chi connectivity index (χ3v) is 6.22. The molecule has 88 valence electrons. The van der Waals surface area contributed by atoms with Crippen LogP contribution >= 0.6 is 6.57 Å². The van der Waals surface area contributed by atoms with E-state index in [1.807, 2.05) is 30.3 Å². The van der Waals surface area contributed by atoms with E-state index in [0.29, 0.717) is 6.04 Å². The summed E-state index contributed by atoms with van der Waals surface area (Å²) in [4.78, 5) is 0. The Balaban J connectivity index is 2.17. The van der Waals surface area contributed by atoms with Crippen molar-refractivity contribution in [2.75, 3.05) is 13.1 Å². The van der Waals surface area contributed by atoms with Gasteiger partial charge in [-0.15, -0.1) is 0 Å². The van der Waals surface area contributed by atoms with Crippen molar-refractivity contribution in [1.29, 1.82) is 0 Å². The first kappa shape index (κ1) is 12.1. The third-order valence-electron chi connectivity index (χ3n) is 2.56. The van der Waals surface area contributed by atoms with Crippen molar-refractivity contribution in [3.63, 3.8) is 0 Å². The smallest absolute Gasteiger partial charge is 0.250 e. The van der Waals surface area contributed by atoms with Crippen LogP contribution in [0.4, 0.5) is 0 Å². The zero-order valence-corrected chi connectivity index (χ0v) is 11.3. The lowest BCUT2D eigenvalue weighted by atomic mass is 10.3. The van der Waals surface area contributed by atoms with Crippen LogP contribution in [0.3, 0.4) is 0 Å². The summed E-state index contributed by atoms with van der Waals surface area (Å²) in [6.45, 7) is 4.16. The zero-order chi connectivity index (χ0) is 11.6. The van der Waals surface area contributed by atoms with Gasteiger partial charge in [-0.1, -0.05) is 18.2 Å². The molecule has 0 aromatic heterocycles. The number of hydrogen-bond acceptors (Lipinski definition) is 2. The maximum absolute atomic E-state index is 5.98. The van der Waals surface area contributed by atoms with Crippen LogP contribution in [0.1, 0.15) is 13.8 Å². The first-order valence-corrected chi connectivity index (χ1v) is 8.16. The van der Waals surface area contributed by atoms with Gasteiger partial charge in [0.15, 0.2) is 0 Å². The summed E-state index contributed by atoms with van der Waals surface area (Å²) < 4.78 is 8.24. The van der Waals surface area contributed by atoms with E-state index in [0.717, 1.165) is 18.8 Å². The van der Waals surface area contributed by atoms with Crippen LogP contribution in [0, 0.1) is 0 Å². The summed E-state index contributed by atoms with van der Waals surface area (Å²) in [5.41, 5.74) is 0. The largest absolute Gasteiger partial charge is 0.441 e. The highest BCUT2D eigenvalue weighted by atomic mass is 32.5.